The van der Waals surface area contributed by atoms with Crippen LogP contribution in [-0.4, -0.2) is 11.4 Å². The molecule has 100 valence electrons. The van der Waals surface area contributed by atoms with E-state index in [0.29, 0.717) is 0 Å². The van der Waals surface area contributed by atoms with Crippen molar-refractivity contribution in [1.29, 1.82) is 5.26 Å². The molecule has 0 saturated heterocycles. The molecule has 2 saturated carbocycles. The Bertz CT molecular complexity index is 331. The Hall–Kier alpha value is -1.04. The number of rotatable bonds is 3. The second-order valence-corrected chi connectivity index (χ2v) is 6.02. The normalized spacial score (nSPS) is 33.0. The van der Waals surface area contributed by atoms with Crippen LogP contribution in [0.25, 0.3) is 0 Å². The van der Waals surface area contributed by atoms with Crippen LogP contribution in [0, 0.1) is 23.2 Å². The highest BCUT2D eigenvalue weighted by molar-refractivity contribution is 5.80. The summed E-state index contributed by atoms with van der Waals surface area (Å²) in [6.07, 6.45) is 9.35. The zero-order valence-electron chi connectivity index (χ0n) is 11.4. The molecular formula is C15H24N2O. The molecule has 0 atom stereocenters. The SMILES string of the molecule is CCC1CCC(C#N)(NC(=O)C2CCCC2)CC1. The molecule has 1 N–H and O–H groups in total. The molecule has 3 heteroatoms. The second-order valence-electron chi connectivity index (χ2n) is 6.02. The highest BCUT2D eigenvalue weighted by Crippen LogP contribution is 2.34. The third-order valence-electron chi connectivity index (χ3n) is 4.84. The Morgan fingerprint density at radius 2 is 1.89 bits per heavy atom. The minimum atomic E-state index is -0.564. The number of hydrogen-bond acceptors (Lipinski definition) is 2. The van der Waals surface area contributed by atoms with Crippen molar-refractivity contribution in [1.82, 2.24) is 5.32 Å². The van der Waals surface area contributed by atoms with Crippen LogP contribution in [0.15, 0.2) is 0 Å². The lowest BCUT2D eigenvalue weighted by atomic mass is 9.76. The third-order valence-corrected chi connectivity index (χ3v) is 4.84. The maximum absolute atomic E-state index is 12.2. The highest BCUT2D eigenvalue weighted by Gasteiger charge is 2.38. The van der Waals surface area contributed by atoms with E-state index in [2.05, 4.69) is 18.3 Å². The summed E-state index contributed by atoms with van der Waals surface area (Å²) in [6, 6.07) is 2.38. The van der Waals surface area contributed by atoms with Gasteiger partial charge in [0.05, 0.1) is 6.07 Å². The molecule has 0 aromatic rings. The van der Waals surface area contributed by atoms with Crippen LogP contribution in [0.1, 0.15) is 64.7 Å². The predicted octanol–water partition coefficient (Wildman–Crippen LogP) is 3.16. The number of carbonyl (C=O) groups excluding carboxylic acids is 1. The largest absolute Gasteiger partial charge is 0.338 e. The number of nitrogens with one attached hydrogen (secondary N) is 1. The van der Waals surface area contributed by atoms with E-state index in [-0.39, 0.29) is 11.8 Å². The van der Waals surface area contributed by atoms with Crippen molar-refractivity contribution < 1.29 is 4.79 Å². The Morgan fingerprint density at radius 3 is 2.39 bits per heavy atom. The van der Waals surface area contributed by atoms with Gasteiger partial charge in [0, 0.05) is 5.92 Å². The Balaban J connectivity index is 1.92. The molecule has 2 rings (SSSR count). The van der Waals surface area contributed by atoms with Gasteiger partial charge in [-0.2, -0.15) is 5.26 Å². The molecule has 0 heterocycles. The summed E-state index contributed by atoms with van der Waals surface area (Å²) in [5.74, 6) is 1.04. The summed E-state index contributed by atoms with van der Waals surface area (Å²) >= 11 is 0. The molecule has 0 aromatic heterocycles. The topological polar surface area (TPSA) is 52.9 Å². The van der Waals surface area contributed by atoms with Crippen LogP contribution < -0.4 is 5.32 Å². The molecule has 0 bridgehead atoms. The number of hydrogen-bond donors (Lipinski definition) is 1. The van der Waals surface area contributed by atoms with Crippen LogP contribution in [0.5, 0.6) is 0 Å². The quantitative estimate of drug-likeness (QED) is 0.834. The first-order valence-corrected chi connectivity index (χ1v) is 7.42. The van der Waals surface area contributed by atoms with Crippen LogP contribution in [0.2, 0.25) is 0 Å². The molecule has 18 heavy (non-hydrogen) atoms. The van der Waals surface area contributed by atoms with Crippen molar-refractivity contribution in [2.24, 2.45) is 11.8 Å². The third kappa shape index (κ3) is 2.85. The molecule has 0 aromatic carbocycles. The van der Waals surface area contributed by atoms with Crippen molar-refractivity contribution in [3.8, 4) is 6.07 Å². The smallest absolute Gasteiger partial charge is 0.224 e. The first-order valence-electron chi connectivity index (χ1n) is 7.42. The number of carbonyl (C=O) groups is 1. The maximum Gasteiger partial charge on any atom is 0.224 e. The van der Waals surface area contributed by atoms with E-state index in [1.54, 1.807) is 0 Å². The van der Waals surface area contributed by atoms with E-state index in [1.165, 1.54) is 6.42 Å². The lowest BCUT2D eigenvalue weighted by Crippen LogP contribution is -2.51. The summed E-state index contributed by atoms with van der Waals surface area (Å²) < 4.78 is 0. The molecule has 0 aliphatic heterocycles. The molecule has 2 aliphatic rings. The van der Waals surface area contributed by atoms with Crippen molar-refractivity contribution in [2.75, 3.05) is 0 Å². The minimum Gasteiger partial charge on any atom is -0.338 e. The first-order chi connectivity index (χ1) is 8.69. The van der Waals surface area contributed by atoms with E-state index < -0.39 is 5.54 Å². The first kappa shape index (κ1) is 13.4. The Labute approximate surface area is 110 Å². The zero-order chi connectivity index (χ0) is 13.0. The predicted molar refractivity (Wildman–Crippen MR) is 70.7 cm³/mol. The lowest BCUT2D eigenvalue weighted by Gasteiger charge is -2.36. The van der Waals surface area contributed by atoms with Crippen molar-refractivity contribution >= 4 is 5.91 Å². The summed E-state index contributed by atoms with van der Waals surface area (Å²) in [7, 11) is 0. The average molecular weight is 248 g/mol. The van der Waals surface area contributed by atoms with Gasteiger partial charge < -0.3 is 5.32 Å². The van der Waals surface area contributed by atoms with Crippen molar-refractivity contribution in [2.45, 2.75) is 70.3 Å². The molecule has 1 amide bonds. The molecule has 0 radical (unpaired) electrons. The molecule has 2 aliphatic carbocycles. The summed E-state index contributed by atoms with van der Waals surface area (Å²) in [5.41, 5.74) is -0.564. The van der Waals surface area contributed by atoms with Gasteiger partial charge in [-0.25, -0.2) is 0 Å². The number of nitriles is 1. The van der Waals surface area contributed by atoms with Gasteiger partial charge in [0.15, 0.2) is 0 Å². The van der Waals surface area contributed by atoms with Crippen molar-refractivity contribution in [3.63, 3.8) is 0 Å². The van der Waals surface area contributed by atoms with Gasteiger partial charge in [-0.15, -0.1) is 0 Å². The van der Waals surface area contributed by atoms with Crippen molar-refractivity contribution in [3.05, 3.63) is 0 Å². The van der Waals surface area contributed by atoms with E-state index in [0.717, 1.165) is 57.3 Å². The molecule has 3 nitrogen and oxygen atoms in total. The lowest BCUT2D eigenvalue weighted by molar-refractivity contribution is -0.126. The Kier molecular flexibility index (Phi) is 4.27. The molecule has 2 fully saturated rings. The minimum absolute atomic E-state index is 0.129. The summed E-state index contributed by atoms with van der Waals surface area (Å²) in [6.45, 7) is 2.21. The van der Waals surface area contributed by atoms with Gasteiger partial charge in [0.1, 0.15) is 5.54 Å². The van der Waals surface area contributed by atoms with Crippen LogP contribution >= 0.6 is 0 Å². The van der Waals surface area contributed by atoms with E-state index >= 15 is 0 Å². The van der Waals surface area contributed by atoms with Gasteiger partial charge in [-0.05, 0) is 44.4 Å². The average Bonchev–Trinajstić information content (AvgIpc) is 2.93. The second kappa shape index (κ2) is 5.73. The van der Waals surface area contributed by atoms with Gasteiger partial charge in [-0.3, -0.25) is 4.79 Å². The fourth-order valence-corrected chi connectivity index (χ4v) is 3.37. The number of amides is 1. The maximum atomic E-state index is 12.2. The molecular weight excluding hydrogens is 224 g/mol. The van der Waals surface area contributed by atoms with Gasteiger partial charge in [-0.1, -0.05) is 26.2 Å². The fourth-order valence-electron chi connectivity index (χ4n) is 3.37. The van der Waals surface area contributed by atoms with E-state index in [9.17, 15) is 10.1 Å². The zero-order valence-corrected chi connectivity index (χ0v) is 11.4. The number of nitrogens with zero attached hydrogens (tertiary/aromatic N) is 1. The standard InChI is InChI=1S/C15H24N2O/c1-2-12-7-9-15(11-16,10-8-12)17-14(18)13-5-3-4-6-13/h12-13H,2-10H2,1H3,(H,17,18). The Morgan fingerprint density at radius 1 is 1.28 bits per heavy atom. The highest BCUT2D eigenvalue weighted by atomic mass is 16.2. The summed E-state index contributed by atoms with van der Waals surface area (Å²) in [5, 5.41) is 12.5. The van der Waals surface area contributed by atoms with Gasteiger partial charge in [0.2, 0.25) is 5.91 Å². The fraction of sp³-hybridized carbons (Fsp3) is 0.867. The van der Waals surface area contributed by atoms with E-state index in [1.807, 2.05) is 0 Å². The van der Waals surface area contributed by atoms with Crippen LogP contribution in [0.3, 0.4) is 0 Å². The van der Waals surface area contributed by atoms with E-state index in [4.69, 9.17) is 0 Å². The molecule has 0 spiro atoms. The van der Waals surface area contributed by atoms with Crippen LogP contribution in [0.4, 0.5) is 0 Å². The monoisotopic (exact) mass is 248 g/mol. The van der Waals surface area contributed by atoms with Gasteiger partial charge in [0.25, 0.3) is 0 Å². The van der Waals surface area contributed by atoms with Crippen LogP contribution in [-0.2, 0) is 4.79 Å². The van der Waals surface area contributed by atoms with Gasteiger partial charge >= 0.3 is 0 Å². The molecule has 0 unspecified atom stereocenters. The summed E-state index contributed by atoms with van der Waals surface area (Å²) in [4.78, 5) is 12.2.